The number of aryl methyl sites for hydroxylation is 1. The van der Waals surface area contributed by atoms with Crippen molar-refractivity contribution < 1.29 is 14.7 Å². The molecule has 2 aromatic rings. The number of aromatic carboxylic acids is 1. The predicted molar refractivity (Wildman–Crippen MR) is 80.9 cm³/mol. The average molecular weight is 286 g/mol. The van der Waals surface area contributed by atoms with Crippen molar-refractivity contribution in [1.29, 1.82) is 0 Å². The highest BCUT2D eigenvalue weighted by Gasteiger charge is 2.15. The van der Waals surface area contributed by atoms with Crippen LogP contribution in [0.4, 0.5) is 5.69 Å². The molecule has 0 atom stereocenters. The third-order valence-corrected chi connectivity index (χ3v) is 3.50. The summed E-state index contributed by atoms with van der Waals surface area (Å²) in [5, 5.41) is 11.7. The molecule has 2 N–H and O–H groups in total. The summed E-state index contributed by atoms with van der Waals surface area (Å²) in [5.74, 6) is -1.25. The van der Waals surface area contributed by atoms with Gasteiger partial charge in [-0.25, -0.2) is 4.79 Å². The van der Waals surface area contributed by atoms with Gasteiger partial charge in [-0.2, -0.15) is 0 Å². The van der Waals surface area contributed by atoms with Gasteiger partial charge in [0.05, 0.1) is 11.1 Å². The fraction of sp³-hybridized carbons (Fsp3) is 0.250. The highest BCUT2D eigenvalue weighted by molar-refractivity contribution is 6.05. The highest BCUT2D eigenvalue weighted by atomic mass is 16.4. The monoisotopic (exact) mass is 286 g/mol. The van der Waals surface area contributed by atoms with Crippen LogP contribution in [0.3, 0.4) is 0 Å². The second-order valence-corrected chi connectivity index (χ2v) is 4.87. The van der Waals surface area contributed by atoms with Crippen LogP contribution < -0.4 is 5.32 Å². The van der Waals surface area contributed by atoms with E-state index in [2.05, 4.69) is 9.88 Å². The van der Waals surface area contributed by atoms with Gasteiger partial charge in [0, 0.05) is 23.6 Å². The van der Waals surface area contributed by atoms with Crippen LogP contribution >= 0.6 is 0 Å². The Morgan fingerprint density at radius 3 is 2.52 bits per heavy atom. The van der Waals surface area contributed by atoms with Gasteiger partial charge in [0.15, 0.2) is 0 Å². The van der Waals surface area contributed by atoms with Crippen LogP contribution in [0.25, 0.3) is 0 Å². The maximum atomic E-state index is 12.3. The van der Waals surface area contributed by atoms with Crippen LogP contribution in [-0.2, 0) is 6.54 Å². The maximum Gasteiger partial charge on any atom is 0.335 e. The van der Waals surface area contributed by atoms with Crippen LogP contribution in [0.15, 0.2) is 30.3 Å². The summed E-state index contributed by atoms with van der Waals surface area (Å²) in [4.78, 5) is 23.3. The molecule has 1 aromatic carbocycles. The first-order valence-corrected chi connectivity index (χ1v) is 6.75. The molecule has 1 heterocycles. The number of carboxylic acid groups (broad SMARTS) is 1. The summed E-state index contributed by atoms with van der Waals surface area (Å²) in [7, 11) is 0. The number of aromatic nitrogens is 1. The minimum Gasteiger partial charge on any atom is -0.478 e. The molecule has 2 rings (SSSR count). The van der Waals surface area contributed by atoms with Crippen molar-refractivity contribution in [3.05, 3.63) is 52.8 Å². The number of amides is 1. The topological polar surface area (TPSA) is 71.3 Å². The molecule has 0 aliphatic carbocycles. The maximum absolute atomic E-state index is 12.3. The third kappa shape index (κ3) is 2.97. The number of carboxylic acids is 1. The zero-order chi connectivity index (χ0) is 15.6. The van der Waals surface area contributed by atoms with Gasteiger partial charge < -0.3 is 15.0 Å². The zero-order valence-corrected chi connectivity index (χ0v) is 12.3. The Morgan fingerprint density at radius 1 is 1.24 bits per heavy atom. The zero-order valence-electron chi connectivity index (χ0n) is 12.3. The van der Waals surface area contributed by atoms with Crippen LogP contribution in [0.1, 0.15) is 39.0 Å². The fourth-order valence-corrected chi connectivity index (χ4v) is 2.45. The third-order valence-electron chi connectivity index (χ3n) is 3.50. The lowest BCUT2D eigenvalue weighted by atomic mass is 10.2. The molecule has 0 spiro atoms. The molecule has 5 nitrogen and oxygen atoms in total. The number of rotatable bonds is 4. The summed E-state index contributed by atoms with van der Waals surface area (Å²) in [5.41, 5.74) is 3.16. The second kappa shape index (κ2) is 5.83. The van der Waals surface area contributed by atoms with Crippen molar-refractivity contribution in [1.82, 2.24) is 4.57 Å². The van der Waals surface area contributed by atoms with E-state index in [9.17, 15) is 9.59 Å². The fourth-order valence-electron chi connectivity index (χ4n) is 2.45. The van der Waals surface area contributed by atoms with Gasteiger partial charge in [-0.1, -0.05) is 6.07 Å². The van der Waals surface area contributed by atoms with E-state index in [1.54, 1.807) is 12.1 Å². The van der Waals surface area contributed by atoms with E-state index in [4.69, 9.17) is 5.11 Å². The Labute approximate surface area is 123 Å². The van der Waals surface area contributed by atoms with Crippen LogP contribution in [0.5, 0.6) is 0 Å². The van der Waals surface area contributed by atoms with E-state index in [0.29, 0.717) is 11.3 Å². The minimum atomic E-state index is -1.02. The second-order valence-electron chi connectivity index (χ2n) is 4.87. The number of anilines is 1. The van der Waals surface area contributed by atoms with Crippen LogP contribution in [-0.4, -0.2) is 21.6 Å². The van der Waals surface area contributed by atoms with Gasteiger partial charge in [0.1, 0.15) is 0 Å². The van der Waals surface area contributed by atoms with Crippen LogP contribution in [0, 0.1) is 13.8 Å². The van der Waals surface area contributed by atoms with Crippen molar-refractivity contribution in [3.63, 3.8) is 0 Å². The molecule has 0 fully saturated rings. The Kier molecular flexibility index (Phi) is 4.12. The van der Waals surface area contributed by atoms with E-state index in [1.165, 1.54) is 12.1 Å². The Hall–Kier alpha value is -2.56. The molecular formula is C16H18N2O3. The van der Waals surface area contributed by atoms with Crippen molar-refractivity contribution >= 4 is 17.6 Å². The number of carbonyl (C=O) groups is 2. The lowest BCUT2D eigenvalue weighted by Crippen LogP contribution is -2.13. The van der Waals surface area contributed by atoms with Crippen LogP contribution in [0.2, 0.25) is 0 Å². The SMILES string of the molecule is CCn1c(C)cc(C(=O)Nc2cccc(C(=O)O)c2)c1C. The molecule has 0 aliphatic rings. The average Bonchev–Trinajstić information content (AvgIpc) is 2.73. The summed E-state index contributed by atoms with van der Waals surface area (Å²) in [6.07, 6.45) is 0. The van der Waals surface area contributed by atoms with Crippen molar-refractivity contribution in [2.24, 2.45) is 0 Å². The Balaban J connectivity index is 2.26. The molecule has 0 unspecified atom stereocenters. The Morgan fingerprint density at radius 2 is 1.95 bits per heavy atom. The number of carbonyl (C=O) groups excluding carboxylic acids is 1. The molecule has 0 saturated heterocycles. The first kappa shape index (κ1) is 14.8. The number of hydrogen-bond acceptors (Lipinski definition) is 2. The van der Waals surface area contributed by atoms with Gasteiger partial charge in [-0.15, -0.1) is 0 Å². The molecule has 0 saturated carbocycles. The van der Waals surface area contributed by atoms with E-state index in [-0.39, 0.29) is 11.5 Å². The molecule has 1 amide bonds. The van der Waals surface area contributed by atoms with Crippen molar-refractivity contribution in [3.8, 4) is 0 Å². The summed E-state index contributed by atoms with van der Waals surface area (Å²) >= 11 is 0. The predicted octanol–water partition coefficient (Wildman–Crippen LogP) is 3.08. The molecule has 1 aromatic heterocycles. The molecule has 0 bridgehead atoms. The smallest absolute Gasteiger partial charge is 0.335 e. The highest BCUT2D eigenvalue weighted by Crippen LogP contribution is 2.18. The van der Waals surface area contributed by atoms with Crippen molar-refractivity contribution in [2.75, 3.05) is 5.32 Å². The first-order valence-electron chi connectivity index (χ1n) is 6.75. The van der Waals surface area contributed by atoms with E-state index in [1.807, 2.05) is 26.8 Å². The standard InChI is InChI=1S/C16H18N2O3/c1-4-18-10(2)8-14(11(18)3)15(19)17-13-7-5-6-12(9-13)16(20)21/h5-9H,4H2,1-3H3,(H,17,19)(H,20,21). The van der Waals surface area contributed by atoms with Gasteiger partial charge in [0.25, 0.3) is 5.91 Å². The number of nitrogens with one attached hydrogen (secondary N) is 1. The molecular weight excluding hydrogens is 268 g/mol. The van der Waals surface area contributed by atoms with E-state index >= 15 is 0 Å². The van der Waals surface area contributed by atoms with E-state index < -0.39 is 5.97 Å². The van der Waals surface area contributed by atoms with Crippen molar-refractivity contribution in [2.45, 2.75) is 27.3 Å². The lowest BCUT2D eigenvalue weighted by Gasteiger charge is -2.07. The lowest BCUT2D eigenvalue weighted by molar-refractivity contribution is 0.0696. The van der Waals surface area contributed by atoms with Gasteiger partial charge >= 0.3 is 5.97 Å². The summed E-state index contributed by atoms with van der Waals surface area (Å²) < 4.78 is 2.06. The van der Waals surface area contributed by atoms with Gasteiger partial charge in [0.2, 0.25) is 0 Å². The number of benzene rings is 1. The number of nitrogens with zero attached hydrogens (tertiary/aromatic N) is 1. The molecule has 0 aliphatic heterocycles. The molecule has 0 radical (unpaired) electrons. The van der Waals surface area contributed by atoms with E-state index in [0.717, 1.165) is 17.9 Å². The van der Waals surface area contributed by atoms with Gasteiger partial charge in [-0.05, 0) is 45.0 Å². The first-order chi connectivity index (χ1) is 9.93. The normalized spacial score (nSPS) is 10.4. The number of hydrogen-bond donors (Lipinski definition) is 2. The molecule has 5 heteroatoms. The Bertz CT molecular complexity index is 702. The molecule has 21 heavy (non-hydrogen) atoms. The minimum absolute atomic E-state index is 0.145. The summed E-state index contributed by atoms with van der Waals surface area (Å²) in [6, 6.07) is 8.05. The molecule has 110 valence electrons. The summed E-state index contributed by atoms with van der Waals surface area (Å²) in [6.45, 7) is 6.69. The quantitative estimate of drug-likeness (QED) is 0.907. The largest absolute Gasteiger partial charge is 0.478 e. The van der Waals surface area contributed by atoms with Gasteiger partial charge in [-0.3, -0.25) is 4.79 Å².